The van der Waals surface area contributed by atoms with Crippen molar-refractivity contribution in [2.75, 3.05) is 20.1 Å². The lowest BCUT2D eigenvalue weighted by Crippen LogP contribution is -2.39. The number of hydrogen-bond acceptors (Lipinski definition) is 3. The molecule has 5 nitrogen and oxygen atoms in total. The van der Waals surface area contributed by atoms with Gasteiger partial charge in [-0.25, -0.2) is 4.98 Å². The third kappa shape index (κ3) is 3.67. The molecule has 5 heteroatoms. The van der Waals surface area contributed by atoms with Crippen molar-refractivity contribution in [1.82, 2.24) is 19.8 Å². The molecule has 1 aromatic heterocycles. The molecule has 28 heavy (non-hydrogen) atoms. The van der Waals surface area contributed by atoms with Crippen molar-refractivity contribution >= 4 is 16.9 Å². The molecular weight excluding hydrogens is 348 g/mol. The van der Waals surface area contributed by atoms with Gasteiger partial charge in [-0.2, -0.15) is 0 Å². The van der Waals surface area contributed by atoms with Crippen LogP contribution in [-0.4, -0.2) is 46.5 Å². The molecule has 2 aromatic carbocycles. The van der Waals surface area contributed by atoms with Crippen LogP contribution in [0.4, 0.5) is 0 Å². The number of nitrogens with zero attached hydrogens (tertiary/aromatic N) is 3. The molecule has 0 radical (unpaired) electrons. The Morgan fingerprint density at radius 1 is 1.11 bits per heavy atom. The van der Waals surface area contributed by atoms with Crippen molar-refractivity contribution in [3.05, 3.63) is 54.1 Å². The lowest BCUT2D eigenvalue weighted by Gasteiger charge is -2.33. The van der Waals surface area contributed by atoms with Crippen LogP contribution in [0.25, 0.3) is 22.4 Å². The van der Waals surface area contributed by atoms with E-state index in [0.717, 1.165) is 35.5 Å². The van der Waals surface area contributed by atoms with Crippen LogP contribution in [0.15, 0.2) is 48.5 Å². The predicted molar refractivity (Wildman–Crippen MR) is 113 cm³/mol. The smallest absolute Gasteiger partial charge is 0.251 e. The van der Waals surface area contributed by atoms with Gasteiger partial charge in [-0.3, -0.25) is 9.69 Å². The van der Waals surface area contributed by atoms with Crippen LogP contribution in [0.2, 0.25) is 0 Å². The first-order chi connectivity index (χ1) is 13.7. The number of imidazole rings is 1. The van der Waals surface area contributed by atoms with Crippen molar-refractivity contribution in [2.45, 2.75) is 38.8 Å². The number of nitrogens with one attached hydrogen (secondary N) is 1. The molecular formula is C23H28N4O. The number of likely N-dealkylation sites (tertiary alicyclic amines) is 1. The van der Waals surface area contributed by atoms with Crippen molar-refractivity contribution in [1.29, 1.82) is 0 Å². The zero-order valence-corrected chi connectivity index (χ0v) is 16.7. The Morgan fingerprint density at radius 2 is 1.89 bits per heavy atom. The highest BCUT2D eigenvalue weighted by Crippen LogP contribution is 2.26. The SMILES string of the molecule is CNC(=O)c1ccc(-c2nc3ccccc3n2CCN2CCCCC2C)cc1. The summed E-state index contributed by atoms with van der Waals surface area (Å²) in [5.41, 5.74) is 3.88. The number of rotatable bonds is 5. The van der Waals surface area contributed by atoms with E-state index in [9.17, 15) is 4.79 Å². The van der Waals surface area contributed by atoms with Gasteiger partial charge in [0.15, 0.2) is 0 Å². The second kappa shape index (κ2) is 8.15. The molecule has 0 aliphatic carbocycles. The summed E-state index contributed by atoms with van der Waals surface area (Å²) in [6.45, 7) is 5.47. The quantitative estimate of drug-likeness (QED) is 0.734. The van der Waals surface area contributed by atoms with Crippen LogP contribution >= 0.6 is 0 Å². The first-order valence-electron chi connectivity index (χ1n) is 10.2. The van der Waals surface area contributed by atoms with Crippen LogP contribution in [-0.2, 0) is 6.54 Å². The van der Waals surface area contributed by atoms with Gasteiger partial charge in [0.2, 0.25) is 0 Å². The van der Waals surface area contributed by atoms with Crippen molar-refractivity contribution < 1.29 is 4.79 Å². The topological polar surface area (TPSA) is 50.2 Å². The van der Waals surface area contributed by atoms with Gasteiger partial charge in [-0.15, -0.1) is 0 Å². The number of amides is 1. The summed E-state index contributed by atoms with van der Waals surface area (Å²) in [6, 6.07) is 16.7. The third-order valence-electron chi connectivity index (χ3n) is 5.84. The van der Waals surface area contributed by atoms with E-state index in [-0.39, 0.29) is 5.91 Å². The molecule has 1 N–H and O–H groups in total. The largest absolute Gasteiger partial charge is 0.355 e. The number of benzene rings is 2. The minimum Gasteiger partial charge on any atom is -0.355 e. The zero-order chi connectivity index (χ0) is 19.5. The number of piperidine rings is 1. The fourth-order valence-corrected chi connectivity index (χ4v) is 4.16. The van der Waals surface area contributed by atoms with Crippen LogP contribution < -0.4 is 5.32 Å². The monoisotopic (exact) mass is 376 g/mol. The fraction of sp³-hybridized carbons (Fsp3) is 0.391. The van der Waals surface area contributed by atoms with E-state index in [1.165, 1.54) is 25.8 Å². The first kappa shape index (κ1) is 18.7. The van der Waals surface area contributed by atoms with E-state index in [2.05, 4.69) is 39.9 Å². The summed E-state index contributed by atoms with van der Waals surface area (Å²) in [4.78, 5) is 19.3. The number of fused-ring (bicyclic) bond motifs is 1. The van der Waals surface area contributed by atoms with Crippen molar-refractivity contribution in [3.8, 4) is 11.4 Å². The van der Waals surface area contributed by atoms with Crippen molar-refractivity contribution in [2.24, 2.45) is 0 Å². The maximum Gasteiger partial charge on any atom is 0.251 e. The Hall–Kier alpha value is -2.66. The summed E-state index contributed by atoms with van der Waals surface area (Å²) >= 11 is 0. The van der Waals surface area contributed by atoms with Gasteiger partial charge in [-0.05, 0) is 50.6 Å². The molecule has 4 rings (SSSR count). The van der Waals surface area contributed by atoms with E-state index in [4.69, 9.17) is 4.98 Å². The molecule has 1 saturated heterocycles. The summed E-state index contributed by atoms with van der Waals surface area (Å²) in [6.07, 6.45) is 3.93. The minimum absolute atomic E-state index is 0.0702. The summed E-state index contributed by atoms with van der Waals surface area (Å²) in [7, 11) is 1.65. The normalized spacial score (nSPS) is 17.7. The number of hydrogen-bond donors (Lipinski definition) is 1. The Bertz CT molecular complexity index is 960. The highest BCUT2D eigenvalue weighted by molar-refractivity contribution is 5.94. The van der Waals surface area contributed by atoms with Crippen molar-refractivity contribution in [3.63, 3.8) is 0 Å². The maximum atomic E-state index is 11.8. The Labute approximate surface area is 166 Å². The number of carbonyl (C=O) groups excluding carboxylic acids is 1. The van der Waals surface area contributed by atoms with Gasteiger partial charge in [0.1, 0.15) is 5.82 Å². The minimum atomic E-state index is -0.0702. The Morgan fingerprint density at radius 3 is 2.64 bits per heavy atom. The average Bonchev–Trinajstić information content (AvgIpc) is 3.11. The third-order valence-corrected chi connectivity index (χ3v) is 5.84. The zero-order valence-electron chi connectivity index (χ0n) is 16.7. The maximum absolute atomic E-state index is 11.8. The molecule has 1 fully saturated rings. The molecule has 0 saturated carbocycles. The summed E-state index contributed by atoms with van der Waals surface area (Å²) in [5, 5.41) is 2.67. The molecule has 1 amide bonds. The molecule has 1 aliphatic rings. The van der Waals surface area contributed by atoms with Gasteiger partial charge >= 0.3 is 0 Å². The second-order valence-corrected chi connectivity index (χ2v) is 7.61. The predicted octanol–water partition coefficient (Wildman–Crippen LogP) is 3.94. The number of para-hydroxylation sites is 2. The second-order valence-electron chi connectivity index (χ2n) is 7.61. The number of aromatic nitrogens is 2. The molecule has 2 heterocycles. The van der Waals surface area contributed by atoms with Gasteiger partial charge in [0, 0.05) is 37.3 Å². The van der Waals surface area contributed by atoms with E-state index in [0.29, 0.717) is 11.6 Å². The summed E-state index contributed by atoms with van der Waals surface area (Å²) < 4.78 is 2.32. The Kier molecular flexibility index (Phi) is 5.44. The molecule has 3 aromatic rings. The van der Waals surface area contributed by atoms with E-state index in [1.807, 2.05) is 30.3 Å². The molecule has 0 spiro atoms. The molecule has 1 unspecified atom stereocenters. The molecule has 146 valence electrons. The molecule has 1 atom stereocenters. The van der Waals surface area contributed by atoms with Gasteiger partial charge < -0.3 is 9.88 Å². The first-order valence-corrected chi connectivity index (χ1v) is 10.2. The standard InChI is InChI=1S/C23H28N4O/c1-17-7-5-6-14-26(17)15-16-27-21-9-4-3-8-20(21)25-22(27)18-10-12-19(13-11-18)23(28)24-2/h3-4,8-13,17H,5-7,14-16H2,1-2H3,(H,24,28). The summed E-state index contributed by atoms with van der Waals surface area (Å²) in [5.74, 6) is 0.897. The lowest BCUT2D eigenvalue weighted by atomic mass is 10.0. The lowest BCUT2D eigenvalue weighted by molar-refractivity contribution is 0.0963. The van der Waals surface area contributed by atoms with E-state index >= 15 is 0 Å². The number of carbonyl (C=O) groups is 1. The highest BCUT2D eigenvalue weighted by Gasteiger charge is 2.19. The van der Waals surface area contributed by atoms with Crippen LogP contribution in [0, 0.1) is 0 Å². The highest BCUT2D eigenvalue weighted by atomic mass is 16.1. The van der Waals surface area contributed by atoms with E-state index in [1.54, 1.807) is 7.05 Å². The van der Waals surface area contributed by atoms with Crippen LogP contribution in [0.5, 0.6) is 0 Å². The Balaban J connectivity index is 1.66. The molecule has 0 bridgehead atoms. The van der Waals surface area contributed by atoms with Crippen LogP contribution in [0.3, 0.4) is 0 Å². The average molecular weight is 377 g/mol. The van der Waals surface area contributed by atoms with Gasteiger partial charge in [-0.1, -0.05) is 30.7 Å². The van der Waals surface area contributed by atoms with Gasteiger partial charge in [0.25, 0.3) is 5.91 Å². The van der Waals surface area contributed by atoms with Gasteiger partial charge in [0.05, 0.1) is 11.0 Å². The fourth-order valence-electron chi connectivity index (χ4n) is 4.16. The molecule has 1 aliphatic heterocycles. The van der Waals surface area contributed by atoms with E-state index < -0.39 is 0 Å². The van der Waals surface area contributed by atoms with Crippen LogP contribution in [0.1, 0.15) is 36.5 Å².